The van der Waals surface area contributed by atoms with E-state index in [0.29, 0.717) is 19.7 Å². The van der Waals surface area contributed by atoms with Gasteiger partial charge < -0.3 is 20.7 Å². The molecular weight excluding hydrogens is 282 g/mol. The van der Waals surface area contributed by atoms with Crippen molar-refractivity contribution in [1.82, 2.24) is 10.2 Å². The molecule has 0 saturated carbocycles. The number of rotatable bonds is 4. The maximum atomic E-state index is 12.0. The molecule has 6 nitrogen and oxygen atoms in total. The van der Waals surface area contributed by atoms with Crippen LogP contribution in [-0.4, -0.2) is 54.6 Å². The smallest absolute Gasteiger partial charge is 0.242 e. The first-order valence-electron chi connectivity index (χ1n) is 6.68. The summed E-state index contributed by atoms with van der Waals surface area (Å²) in [5, 5.41) is 2.59. The fourth-order valence-electron chi connectivity index (χ4n) is 1.92. The number of hydrogen-bond donors (Lipinski definition) is 2. The Morgan fingerprint density at radius 3 is 2.50 bits per heavy atom. The van der Waals surface area contributed by atoms with E-state index in [1.807, 2.05) is 27.7 Å². The molecule has 1 atom stereocenters. The van der Waals surface area contributed by atoms with E-state index >= 15 is 0 Å². The summed E-state index contributed by atoms with van der Waals surface area (Å²) in [7, 11) is 0. The molecule has 0 aromatic rings. The number of nitrogens with two attached hydrogens (primary N) is 1. The van der Waals surface area contributed by atoms with Crippen molar-refractivity contribution in [3.63, 3.8) is 0 Å². The topological polar surface area (TPSA) is 84.7 Å². The number of hydrogen-bond acceptors (Lipinski definition) is 4. The Morgan fingerprint density at radius 2 is 2.00 bits per heavy atom. The zero-order valence-electron chi connectivity index (χ0n) is 12.6. The predicted molar refractivity (Wildman–Crippen MR) is 79.7 cm³/mol. The molecule has 1 aliphatic rings. The van der Waals surface area contributed by atoms with Crippen LogP contribution >= 0.6 is 12.4 Å². The zero-order valence-corrected chi connectivity index (χ0v) is 13.5. The fraction of sp³-hybridized carbons (Fsp3) is 0.846. The monoisotopic (exact) mass is 307 g/mol. The molecule has 1 aliphatic heterocycles. The Labute approximate surface area is 126 Å². The van der Waals surface area contributed by atoms with Crippen LogP contribution in [0, 0.1) is 5.92 Å². The lowest BCUT2D eigenvalue weighted by Crippen LogP contribution is -2.54. The molecule has 0 aromatic heterocycles. The summed E-state index contributed by atoms with van der Waals surface area (Å²) in [5.74, 6) is -0.325. The molecule has 2 amide bonds. The number of morpholine rings is 1. The van der Waals surface area contributed by atoms with Crippen molar-refractivity contribution in [2.24, 2.45) is 11.7 Å². The van der Waals surface area contributed by atoms with Gasteiger partial charge in [0, 0.05) is 13.1 Å². The number of carbonyl (C=O) groups excluding carboxylic acids is 2. The minimum absolute atomic E-state index is 0. The Kier molecular flexibility index (Phi) is 7.47. The summed E-state index contributed by atoms with van der Waals surface area (Å²) in [4.78, 5) is 25.4. The second-order valence-corrected chi connectivity index (χ2v) is 5.91. The van der Waals surface area contributed by atoms with Gasteiger partial charge in [-0.05, 0) is 19.8 Å². The van der Waals surface area contributed by atoms with E-state index in [2.05, 4.69) is 5.32 Å². The molecule has 20 heavy (non-hydrogen) atoms. The first-order valence-corrected chi connectivity index (χ1v) is 6.68. The van der Waals surface area contributed by atoms with Gasteiger partial charge in [-0.2, -0.15) is 0 Å². The van der Waals surface area contributed by atoms with Gasteiger partial charge in [-0.25, -0.2) is 0 Å². The number of amides is 2. The molecule has 1 heterocycles. The fourth-order valence-corrected chi connectivity index (χ4v) is 1.92. The quantitative estimate of drug-likeness (QED) is 0.774. The normalized spacial score (nSPS) is 19.2. The van der Waals surface area contributed by atoms with Crippen molar-refractivity contribution in [3.8, 4) is 0 Å². The molecule has 7 heteroatoms. The Balaban J connectivity index is 0.00000361. The lowest BCUT2D eigenvalue weighted by molar-refractivity contribution is -0.146. The highest BCUT2D eigenvalue weighted by atomic mass is 35.5. The standard InChI is InChI=1S/C13H25N3O3.ClH/c1-9(2)11(14)12(18)15-7-10(17)16-5-6-19-13(3,4)8-16;/h9,11H,5-8,14H2,1-4H3,(H,15,18);1H/t11-;/m0./s1. The summed E-state index contributed by atoms with van der Waals surface area (Å²) >= 11 is 0. The van der Waals surface area contributed by atoms with Crippen LogP contribution in [0.1, 0.15) is 27.7 Å². The van der Waals surface area contributed by atoms with Crippen molar-refractivity contribution >= 4 is 24.2 Å². The van der Waals surface area contributed by atoms with Gasteiger partial charge in [0.25, 0.3) is 0 Å². The molecule has 1 fully saturated rings. The minimum Gasteiger partial charge on any atom is -0.372 e. The van der Waals surface area contributed by atoms with Crippen molar-refractivity contribution < 1.29 is 14.3 Å². The molecule has 0 unspecified atom stereocenters. The van der Waals surface area contributed by atoms with Gasteiger partial charge in [-0.15, -0.1) is 12.4 Å². The third-order valence-corrected chi connectivity index (χ3v) is 3.21. The van der Waals surface area contributed by atoms with Gasteiger partial charge in [0.15, 0.2) is 0 Å². The van der Waals surface area contributed by atoms with Crippen LogP contribution in [0.5, 0.6) is 0 Å². The highest BCUT2D eigenvalue weighted by Gasteiger charge is 2.30. The van der Waals surface area contributed by atoms with Gasteiger partial charge in [-0.3, -0.25) is 9.59 Å². The molecule has 1 rings (SSSR count). The maximum absolute atomic E-state index is 12.0. The van der Waals surface area contributed by atoms with E-state index < -0.39 is 6.04 Å². The first kappa shape index (κ1) is 19.1. The van der Waals surface area contributed by atoms with E-state index in [9.17, 15) is 9.59 Å². The van der Waals surface area contributed by atoms with Crippen molar-refractivity contribution in [2.45, 2.75) is 39.3 Å². The SMILES string of the molecule is CC(C)[C@H](N)C(=O)NCC(=O)N1CCOC(C)(C)C1.Cl. The Hall–Kier alpha value is -0.850. The van der Waals surface area contributed by atoms with Crippen LogP contribution in [0.3, 0.4) is 0 Å². The number of carbonyl (C=O) groups is 2. The van der Waals surface area contributed by atoms with Gasteiger partial charge in [0.2, 0.25) is 11.8 Å². The molecular formula is C13H26ClN3O3. The van der Waals surface area contributed by atoms with Crippen molar-refractivity contribution in [3.05, 3.63) is 0 Å². The summed E-state index contributed by atoms with van der Waals surface area (Å²) in [6, 6.07) is -0.575. The lowest BCUT2D eigenvalue weighted by atomic mass is 10.1. The van der Waals surface area contributed by atoms with Crippen LogP contribution in [0.4, 0.5) is 0 Å². The van der Waals surface area contributed by atoms with Crippen molar-refractivity contribution in [1.29, 1.82) is 0 Å². The van der Waals surface area contributed by atoms with Gasteiger partial charge in [0.1, 0.15) is 0 Å². The van der Waals surface area contributed by atoms with Gasteiger partial charge >= 0.3 is 0 Å². The second-order valence-electron chi connectivity index (χ2n) is 5.91. The van der Waals surface area contributed by atoms with E-state index in [1.54, 1.807) is 4.90 Å². The number of ether oxygens (including phenoxy) is 1. The van der Waals surface area contributed by atoms with E-state index in [4.69, 9.17) is 10.5 Å². The number of nitrogens with zero attached hydrogens (tertiary/aromatic N) is 1. The van der Waals surface area contributed by atoms with Crippen LogP contribution in [0.25, 0.3) is 0 Å². The zero-order chi connectivity index (χ0) is 14.6. The largest absolute Gasteiger partial charge is 0.372 e. The lowest BCUT2D eigenvalue weighted by Gasteiger charge is -2.38. The van der Waals surface area contributed by atoms with Crippen LogP contribution in [0.2, 0.25) is 0 Å². The van der Waals surface area contributed by atoms with E-state index in [0.717, 1.165) is 0 Å². The van der Waals surface area contributed by atoms with Crippen LogP contribution in [0.15, 0.2) is 0 Å². The highest BCUT2D eigenvalue weighted by molar-refractivity contribution is 5.87. The molecule has 0 radical (unpaired) electrons. The minimum atomic E-state index is -0.575. The van der Waals surface area contributed by atoms with Gasteiger partial charge in [0.05, 0.1) is 24.8 Å². The first-order chi connectivity index (χ1) is 8.73. The highest BCUT2D eigenvalue weighted by Crippen LogP contribution is 2.16. The molecule has 0 bridgehead atoms. The molecule has 0 aliphatic carbocycles. The van der Waals surface area contributed by atoms with E-state index in [-0.39, 0.29) is 42.3 Å². The predicted octanol–water partition coefficient (Wildman–Crippen LogP) is 0.145. The second kappa shape index (κ2) is 7.81. The number of nitrogens with one attached hydrogen (secondary N) is 1. The van der Waals surface area contributed by atoms with Crippen molar-refractivity contribution in [2.75, 3.05) is 26.2 Å². The number of halogens is 1. The summed E-state index contributed by atoms with van der Waals surface area (Å²) in [5.41, 5.74) is 5.38. The summed E-state index contributed by atoms with van der Waals surface area (Å²) in [6.07, 6.45) is 0. The molecule has 0 spiro atoms. The Bertz CT molecular complexity index is 348. The molecule has 0 aromatic carbocycles. The summed E-state index contributed by atoms with van der Waals surface area (Å²) in [6.45, 7) is 9.26. The van der Waals surface area contributed by atoms with Crippen LogP contribution < -0.4 is 11.1 Å². The van der Waals surface area contributed by atoms with Crippen LogP contribution in [-0.2, 0) is 14.3 Å². The van der Waals surface area contributed by atoms with E-state index in [1.165, 1.54) is 0 Å². The van der Waals surface area contributed by atoms with Gasteiger partial charge in [-0.1, -0.05) is 13.8 Å². The molecule has 1 saturated heterocycles. The maximum Gasteiger partial charge on any atom is 0.242 e. The molecule has 118 valence electrons. The molecule has 3 N–H and O–H groups in total. The Morgan fingerprint density at radius 1 is 1.40 bits per heavy atom. The third-order valence-electron chi connectivity index (χ3n) is 3.21. The summed E-state index contributed by atoms with van der Waals surface area (Å²) < 4.78 is 5.54. The third kappa shape index (κ3) is 5.64. The average molecular weight is 308 g/mol. The average Bonchev–Trinajstić information content (AvgIpc) is 2.33.